The molecule has 1 aliphatic heterocycles. The monoisotopic (exact) mass is 196 g/mol. The fraction of sp³-hybridized carbons (Fsp3) is 0.500. The summed E-state index contributed by atoms with van der Waals surface area (Å²) in [7, 11) is 1.45. The van der Waals surface area contributed by atoms with Gasteiger partial charge in [0, 0.05) is 5.75 Å². The minimum atomic E-state index is -0.103. The predicted molar refractivity (Wildman–Crippen MR) is 53.6 cm³/mol. The molecule has 0 amide bonds. The average Bonchev–Trinajstić information content (AvgIpc) is 2.60. The van der Waals surface area contributed by atoms with Crippen LogP contribution in [0.4, 0.5) is 0 Å². The number of fused-ring (bicyclic) bond motifs is 1. The first kappa shape index (κ1) is 8.88. The summed E-state index contributed by atoms with van der Waals surface area (Å²) in [6.45, 7) is 0. The fourth-order valence-corrected chi connectivity index (χ4v) is 3.23. The highest BCUT2D eigenvalue weighted by atomic mass is 32.2. The molecule has 70 valence electrons. The highest BCUT2D eigenvalue weighted by Crippen LogP contribution is 2.40. The first-order valence-corrected chi connectivity index (χ1v) is 5.44. The van der Waals surface area contributed by atoms with Crippen molar-refractivity contribution in [3.63, 3.8) is 0 Å². The summed E-state index contributed by atoms with van der Waals surface area (Å²) in [6.07, 6.45) is 7.34. The van der Waals surface area contributed by atoms with Crippen LogP contribution in [0.1, 0.15) is 6.42 Å². The maximum absolute atomic E-state index is 11.4. The van der Waals surface area contributed by atoms with Gasteiger partial charge in [-0.25, -0.2) is 0 Å². The Morgan fingerprint density at radius 1 is 1.69 bits per heavy atom. The van der Waals surface area contributed by atoms with Crippen molar-refractivity contribution < 1.29 is 9.53 Å². The number of hydrogen-bond donors (Lipinski definition) is 0. The third-order valence-corrected chi connectivity index (χ3v) is 3.89. The van der Waals surface area contributed by atoms with Crippen molar-refractivity contribution in [2.75, 3.05) is 12.9 Å². The predicted octanol–water partition coefficient (Wildman–Crippen LogP) is 1.78. The van der Waals surface area contributed by atoms with Crippen LogP contribution in [0.15, 0.2) is 23.8 Å². The van der Waals surface area contributed by atoms with Crippen molar-refractivity contribution in [3.05, 3.63) is 23.8 Å². The van der Waals surface area contributed by atoms with E-state index >= 15 is 0 Å². The van der Waals surface area contributed by atoms with Crippen LogP contribution >= 0.6 is 11.8 Å². The minimum Gasteiger partial charge on any atom is -0.468 e. The number of thioether (sulfide) groups is 1. The van der Waals surface area contributed by atoms with Crippen LogP contribution in [0.5, 0.6) is 0 Å². The second-order valence-electron chi connectivity index (χ2n) is 3.26. The van der Waals surface area contributed by atoms with Crippen LogP contribution in [0.3, 0.4) is 0 Å². The molecule has 0 aromatic carbocycles. The molecule has 1 fully saturated rings. The molecule has 2 nitrogen and oxygen atoms in total. The van der Waals surface area contributed by atoms with Gasteiger partial charge in [-0.1, -0.05) is 18.2 Å². The van der Waals surface area contributed by atoms with Gasteiger partial charge < -0.3 is 4.74 Å². The standard InChI is InChI=1S/C10H12O2S/c1-12-10(11)9-8-5-3-2-4-7(8)6-13-9/h2-3,5,7,9H,4,6H2,1H3. The number of methoxy groups -OCH3 is 1. The van der Waals surface area contributed by atoms with Gasteiger partial charge in [0.15, 0.2) is 0 Å². The Hall–Kier alpha value is -0.700. The number of carbonyl (C=O) groups excluding carboxylic acids is 1. The number of carbonyl (C=O) groups is 1. The van der Waals surface area contributed by atoms with E-state index in [2.05, 4.69) is 12.2 Å². The van der Waals surface area contributed by atoms with Gasteiger partial charge in [-0.15, -0.1) is 11.8 Å². The molecule has 1 saturated heterocycles. The second-order valence-corrected chi connectivity index (χ2v) is 4.40. The summed E-state index contributed by atoms with van der Waals surface area (Å²) in [5, 5.41) is -0.0417. The van der Waals surface area contributed by atoms with E-state index in [1.54, 1.807) is 11.8 Å². The van der Waals surface area contributed by atoms with Crippen molar-refractivity contribution in [1.82, 2.24) is 0 Å². The number of allylic oxidation sites excluding steroid dienone is 3. The van der Waals surface area contributed by atoms with E-state index in [0.29, 0.717) is 5.92 Å². The van der Waals surface area contributed by atoms with E-state index in [4.69, 9.17) is 4.74 Å². The van der Waals surface area contributed by atoms with Crippen LogP contribution < -0.4 is 0 Å². The summed E-state index contributed by atoms with van der Waals surface area (Å²) in [5.41, 5.74) is 1.25. The van der Waals surface area contributed by atoms with Crippen LogP contribution in [-0.2, 0) is 9.53 Å². The lowest BCUT2D eigenvalue weighted by Crippen LogP contribution is -2.20. The van der Waals surface area contributed by atoms with E-state index in [1.807, 2.05) is 6.08 Å². The smallest absolute Gasteiger partial charge is 0.323 e. The number of esters is 1. The van der Waals surface area contributed by atoms with Crippen molar-refractivity contribution in [1.29, 1.82) is 0 Å². The third kappa shape index (κ3) is 1.53. The van der Waals surface area contributed by atoms with E-state index in [9.17, 15) is 4.79 Å². The van der Waals surface area contributed by atoms with Crippen molar-refractivity contribution in [3.8, 4) is 0 Å². The van der Waals surface area contributed by atoms with Gasteiger partial charge >= 0.3 is 5.97 Å². The fourth-order valence-electron chi connectivity index (χ4n) is 1.78. The van der Waals surface area contributed by atoms with Gasteiger partial charge in [0.1, 0.15) is 5.25 Å². The lowest BCUT2D eigenvalue weighted by atomic mass is 9.91. The first-order chi connectivity index (χ1) is 6.33. The average molecular weight is 196 g/mol. The molecule has 2 aliphatic rings. The van der Waals surface area contributed by atoms with Crippen molar-refractivity contribution >= 4 is 17.7 Å². The molecule has 2 atom stereocenters. The SMILES string of the molecule is COC(=O)C1SCC2CC=CC=C21. The van der Waals surface area contributed by atoms with Gasteiger partial charge in [-0.3, -0.25) is 4.79 Å². The number of hydrogen-bond acceptors (Lipinski definition) is 3. The van der Waals surface area contributed by atoms with Gasteiger partial charge in [0.05, 0.1) is 7.11 Å². The molecule has 0 aromatic rings. The quantitative estimate of drug-likeness (QED) is 0.598. The van der Waals surface area contributed by atoms with Crippen LogP contribution in [0.2, 0.25) is 0 Å². The molecule has 0 bridgehead atoms. The summed E-state index contributed by atoms with van der Waals surface area (Å²) in [6, 6.07) is 0. The summed E-state index contributed by atoms with van der Waals surface area (Å²) < 4.78 is 4.76. The van der Waals surface area contributed by atoms with Crippen LogP contribution in [0.25, 0.3) is 0 Å². The molecular formula is C10H12O2S. The van der Waals surface area contributed by atoms with Gasteiger partial charge in [-0.05, 0) is 17.9 Å². The lowest BCUT2D eigenvalue weighted by molar-refractivity contribution is -0.139. The van der Waals surface area contributed by atoms with E-state index < -0.39 is 0 Å². The molecular weight excluding hydrogens is 184 g/mol. The Balaban J connectivity index is 2.19. The Morgan fingerprint density at radius 2 is 2.54 bits per heavy atom. The minimum absolute atomic E-state index is 0.0417. The molecule has 2 unspecified atom stereocenters. The zero-order valence-electron chi connectivity index (χ0n) is 7.53. The molecule has 0 saturated carbocycles. The molecule has 0 spiro atoms. The van der Waals surface area contributed by atoms with Crippen molar-refractivity contribution in [2.45, 2.75) is 11.7 Å². The third-order valence-electron chi connectivity index (χ3n) is 2.50. The Morgan fingerprint density at radius 3 is 3.31 bits per heavy atom. The van der Waals surface area contributed by atoms with E-state index in [-0.39, 0.29) is 11.2 Å². The zero-order chi connectivity index (χ0) is 9.26. The molecule has 1 heterocycles. The second kappa shape index (κ2) is 3.58. The summed E-state index contributed by atoms with van der Waals surface area (Å²) >= 11 is 1.70. The highest BCUT2D eigenvalue weighted by molar-refractivity contribution is 8.01. The van der Waals surface area contributed by atoms with E-state index in [0.717, 1.165) is 12.2 Å². The molecule has 0 radical (unpaired) electrons. The maximum Gasteiger partial charge on any atom is 0.323 e. The molecule has 2 rings (SSSR count). The number of rotatable bonds is 1. The molecule has 13 heavy (non-hydrogen) atoms. The number of ether oxygens (including phenoxy) is 1. The van der Waals surface area contributed by atoms with Gasteiger partial charge in [-0.2, -0.15) is 0 Å². The molecule has 1 aliphatic carbocycles. The summed E-state index contributed by atoms with van der Waals surface area (Å²) in [4.78, 5) is 11.4. The molecule has 0 aromatic heterocycles. The lowest BCUT2D eigenvalue weighted by Gasteiger charge is -2.14. The normalized spacial score (nSPS) is 31.0. The largest absolute Gasteiger partial charge is 0.468 e. The van der Waals surface area contributed by atoms with Crippen molar-refractivity contribution in [2.24, 2.45) is 5.92 Å². The van der Waals surface area contributed by atoms with E-state index in [1.165, 1.54) is 12.7 Å². The van der Waals surface area contributed by atoms with Crippen LogP contribution in [0, 0.1) is 5.92 Å². The highest BCUT2D eigenvalue weighted by Gasteiger charge is 2.36. The topological polar surface area (TPSA) is 26.3 Å². The van der Waals surface area contributed by atoms with Crippen LogP contribution in [-0.4, -0.2) is 24.1 Å². The van der Waals surface area contributed by atoms with Gasteiger partial charge in [0.2, 0.25) is 0 Å². The Bertz CT molecular complexity index is 281. The van der Waals surface area contributed by atoms with Gasteiger partial charge in [0.25, 0.3) is 0 Å². The summed E-state index contributed by atoms with van der Waals surface area (Å²) in [5.74, 6) is 1.52. The molecule has 0 N–H and O–H groups in total. The molecule has 3 heteroatoms. The maximum atomic E-state index is 11.4. The first-order valence-electron chi connectivity index (χ1n) is 4.39. The zero-order valence-corrected chi connectivity index (χ0v) is 8.34. The Kier molecular flexibility index (Phi) is 2.44. The Labute approximate surface area is 82.0 Å².